The topological polar surface area (TPSA) is 38.8 Å². The number of nitrogens with zero attached hydrogens (tertiary/aromatic N) is 1. The zero-order valence-electron chi connectivity index (χ0n) is 20.1. The Bertz CT molecular complexity index is 1200. The van der Waals surface area contributed by atoms with Crippen molar-refractivity contribution in [3.63, 3.8) is 0 Å². The molecule has 4 nitrogen and oxygen atoms in total. The third kappa shape index (κ3) is 4.37. The summed E-state index contributed by atoms with van der Waals surface area (Å²) < 4.78 is 26.2. The van der Waals surface area contributed by atoms with E-state index in [1.54, 1.807) is 31.3 Å². The van der Waals surface area contributed by atoms with Gasteiger partial charge in [0.15, 0.2) is 11.5 Å². The van der Waals surface area contributed by atoms with Crippen molar-refractivity contribution in [1.29, 1.82) is 0 Å². The number of amides is 1. The second-order valence-electron chi connectivity index (χ2n) is 9.52. The van der Waals surface area contributed by atoms with Gasteiger partial charge in [0.1, 0.15) is 5.82 Å². The Morgan fingerprint density at radius 3 is 2.26 bits per heavy atom. The van der Waals surface area contributed by atoms with Crippen LogP contribution in [0.5, 0.6) is 11.5 Å². The normalized spacial score (nSPS) is 15.6. The molecule has 0 saturated heterocycles. The van der Waals surface area contributed by atoms with Crippen LogP contribution in [0, 0.1) is 5.82 Å². The molecule has 1 amide bonds. The molecule has 0 radical (unpaired) electrons. The van der Waals surface area contributed by atoms with Crippen LogP contribution in [0.3, 0.4) is 0 Å². The first-order chi connectivity index (χ1) is 16.2. The van der Waals surface area contributed by atoms with Gasteiger partial charge >= 0.3 is 0 Å². The average molecular weight is 482 g/mol. The van der Waals surface area contributed by atoms with Gasteiger partial charge in [-0.05, 0) is 64.9 Å². The number of methoxy groups -OCH3 is 2. The molecule has 0 bridgehead atoms. The van der Waals surface area contributed by atoms with Crippen molar-refractivity contribution in [3.05, 3.63) is 93.3 Å². The van der Waals surface area contributed by atoms with Gasteiger partial charge in [-0.15, -0.1) is 0 Å². The van der Waals surface area contributed by atoms with Crippen molar-refractivity contribution in [3.8, 4) is 11.5 Å². The molecule has 1 aliphatic heterocycles. The van der Waals surface area contributed by atoms with Gasteiger partial charge in [-0.1, -0.05) is 50.6 Å². The van der Waals surface area contributed by atoms with Crippen molar-refractivity contribution in [2.75, 3.05) is 20.8 Å². The number of carbonyl (C=O) groups excluding carboxylic acids is 1. The first kappa shape index (κ1) is 24.1. The number of benzene rings is 3. The first-order valence-corrected chi connectivity index (χ1v) is 11.6. The number of fused-ring (bicyclic) bond motifs is 1. The lowest BCUT2D eigenvalue weighted by atomic mass is 9.85. The number of ether oxygens (including phenoxy) is 2. The minimum atomic E-state index is -0.702. The smallest absolute Gasteiger partial charge is 0.254 e. The van der Waals surface area contributed by atoms with Crippen LogP contribution in [0.4, 0.5) is 4.39 Å². The summed E-state index contributed by atoms with van der Waals surface area (Å²) in [5.41, 5.74) is 3.68. The molecule has 1 unspecified atom stereocenters. The van der Waals surface area contributed by atoms with Crippen LogP contribution >= 0.6 is 11.6 Å². The molecule has 1 heterocycles. The molecule has 0 N–H and O–H groups in total. The van der Waals surface area contributed by atoms with Gasteiger partial charge in [-0.25, -0.2) is 4.39 Å². The average Bonchev–Trinajstić information content (AvgIpc) is 2.82. The molecule has 0 aliphatic carbocycles. The van der Waals surface area contributed by atoms with E-state index in [1.165, 1.54) is 6.07 Å². The van der Waals surface area contributed by atoms with Crippen LogP contribution in [0.25, 0.3) is 0 Å². The third-order valence-corrected chi connectivity index (χ3v) is 6.74. The third-order valence-electron chi connectivity index (χ3n) is 6.41. The van der Waals surface area contributed by atoms with Crippen LogP contribution in [0.15, 0.2) is 54.6 Å². The monoisotopic (exact) mass is 481 g/mol. The second kappa shape index (κ2) is 9.30. The SMILES string of the molecule is COc1cc2c(cc1OC)C(c1c(F)cccc1Cl)N(C(=O)c1ccc(C(C)(C)C)cc1)CC2. The summed E-state index contributed by atoms with van der Waals surface area (Å²) in [7, 11) is 3.13. The summed E-state index contributed by atoms with van der Waals surface area (Å²) in [6.45, 7) is 6.80. The van der Waals surface area contributed by atoms with Crippen LogP contribution in [0.2, 0.25) is 5.02 Å². The van der Waals surface area contributed by atoms with E-state index < -0.39 is 11.9 Å². The number of halogens is 2. The predicted octanol–water partition coefficient (Wildman–Crippen LogP) is 6.58. The molecule has 0 spiro atoms. The molecule has 3 aromatic rings. The molecule has 3 aromatic carbocycles. The van der Waals surface area contributed by atoms with Crippen molar-refractivity contribution in [2.24, 2.45) is 0 Å². The number of hydrogen-bond acceptors (Lipinski definition) is 3. The minimum absolute atomic E-state index is 0.0233. The van der Waals surface area contributed by atoms with Crippen LogP contribution < -0.4 is 9.47 Å². The Balaban J connectivity index is 1.85. The van der Waals surface area contributed by atoms with Gasteiger partial charge in [0.25, 0.3) is 5.91 Å². The largest absolute Gasteiger partial charge is 0.493 e. The van der Waals surface area contributed by atoms with Gasteiger partial charge < -0.3 is 14.4 Å². The van der Waals surface area contributed by atoms with E-state index in [0.717, 1.165) is 16.7 Å². The lowest BCUT2D eigenvalue weighted by Crippen LogP contribution is -2.41. The fraction of sp³-hybridized carbons (Fsp3) is 0.321. The quantitative estimate of drug-likeness (QED) is 0.422. The molecule has 34 heavy (non-hydrogen) atoms. The van der Waals surface area contributed by atoms with Crippen LogP contribution in [-0.2, 0) is 11.8 Å². The molecule has 6 heteroatoms. The molecule has 4 rings (SSSR count). The van der Waals surface area contributed by atoms with Crippen LogP contribution in [-0.4, -0.2) is 31.6 Å². The van der Waals surface area contributed by atoms with Crippen LogP contribution in [0.1, 0.15) is 59.4 Å². The van der Waals surface area contributed by atoms with E-state index >= 15 is 4.39 Å². The van der Waals surface area contributed by atoms with Gasteiger partial charge in [0.2, 0.25) is 0 Å². The van der Waals surface area contributed by atoms with Crippen molar-refractivity contribution >= 4 is 17.5 Å². The van der Waals surface area contributed by atoms with E-state index in [2.05, 4.69) is 20.8 Å². The molecule has 178 valence electrons. The standard InChI is InChI=1S/C28H29ClFNO3/c1-28(2,3)19-11-9-17(10-12-19)27(32)31-14-13-18-15-23(33-4)24(34-5)16-20(18)26(31)25-21(29)7-6-8-22(25)30/h6-12,15-16,26H,13-14H2,1-5H3. The molecular weight excluding hydrogens is 453 g/mol. The maximum Gasteiger partial charge on any atom is 0.254 e. The highest BCUT2D eigenvalue weighted by Gasteiger charge is 2.36. The Morgan fingerprint density at radius 2 is 1.68 bits per heavy atom. The van der Waals surface area contributed by atoms with E-state index in [9.17, 15) is 4.79 Å². The fourth-order valence-corrected chi connectivity index (χ4v) is 4.79. The summed E-state index contributed by atoms with van der Waals surface area (Å²) in [6.07, 6.45) is 0.601. The molecule has 0 fully saturated rings. The van der Waals surface area contributed by atoms with Crippen molar-refractivity contribution in [1.82, 2.24) is 4.90 Å². The summed E-state index contributed by atoms with van der Waals surface area (Å²) >= 11 is 6.51. The number of rotatable bonds is 4. The van der Waals surface area contributed by atoms with E-state index in [0.29, 0.717) is 30.0 Å². The highest BCUT2D eigenvalue weighted by molar-refractivity contribution is 6.31. The maximum absolute atomic E-state index is 15.2. The maximum atomic E-state index is 15.2. The highest BCUT2D eigenvalue weighted by atomic mass is 35.5. The Labute approximate surface area is 205 Å². The predicted molar refractivity (Wildman–Crippen MR) is 133 cm³/mol. The first-order valence-electron chi connectivity index (χ1n) is 11.3. The van der Waals surface area contributed by atoms with Crippen molar-refractivity contribution in [2.45, 2.75) is 38.6 Å². The summed E-state index contributed by atoms with van der Waals surface area (Å²) in [5.74, 6) is 0.478. The molecule has 1 aliphatic rings. The zero-order chi connectivity index (χ0) is 24.6. The number of carbonyl (C=O) groups is 1. The van der Waals surface area contributed by atoms with E-state index in [1.807, 2.05) is 36.4 Å². The summed E-state index contributed by atoms with van der Waals surface area (Å²) in [6, 6.07) is 15.2. The Kier molecular flexibility index (Phi) is 6.59. The van der Waals surface area contributed by atoms with E-state index in [-0.39, 0.29) is 21.9 Å². The molecule has 0 aromatic heterocycles. The second-order valence-corrected chi connectivity index (χ2v) is 9.93. The van der Waals surface area contributed by atoms with Gasteiger partial charge in [-0.3, -0.25) is 4.79 Å². The molecule has 0 saturated carbocycles. The van der Waals surface area contributed by atoms with Gasteiger partial charge in [0.05, 0.1) is 20.3 Å². The zero-order valence-corrected chi connectivity index (χ0v) is 20.9. The van der Waals surface area contributed by atoms with Crippen molar-refractivity contribution < 1.29 is 18.7 Å². The lowest BCUT2D eigenvalue weighted by Gasteiger charge is -2.38. The van der Waals surface area contributed by atoms with Gasteiger partial charge in [0, 0.05) is 22.7 Å². The lowest BCUT2D eigenvalue weighted by molar-refractivity contribution is 0.0691. The Hall–Kier alpha value is -3.05. The molecule has 1 atom stereocenters. The Morgan fingerprint density at radius 1 is 1.03 bits per heavy atom. The summed E-state index contributed by atoms with van der Waals surface area (Å²) in [5, 5.41) is 0.272. The van der Waals surface area contributed by atoms with Gasteiger partial charge in [-0.2, -0.15) is 0 Å². The summed E-state index contributed by atoms with van der Waals surface area (Å²) in [4.78, 5) is 15.5. The minimum Gasteiger partial charge on any atom is -0.493 e. The highest BCUT2D eigenvalue weighted by Crippen LogP contribution is 2.44. The van der Waals surface area contributed by atoms with E-state index in [4.69, 9.17) is 21.1 Å². The fourth-order valence-electron chi connectivity index (χ4n) is 4.53. The molecular formula is C28H29ClFNO3. The number of hydrogen-bond donors (Lipinski definition) is 0.